The summed E-state index contributed by atoms with van der Waals surface area (Å²) < 4.78 is 7.56. The summed E-state index contributed by atoms with van der Waals surface area (Å²) in [6.45, 7) is 7.40. The number of carbonyl (C=O) groups excluding carboxylic acids is 1. The minimum absolute atomic E-state index is 0.285. The van der Waals surface area contributed by atoms with Crippen LogP contribution in [-0.2, 0) is 24.2 Å². The van der Waals surface area contributed by atoms with E-state index in [1.807, 2.05) is 51.2 Å². The Kier molecular flexibility index (Phi) is 6.46. The van der Waals surface area contributed by atoms with E-state index in [2.05, 4.69) is 34.0 Å². The first kappa shape index (κ1) is 22.3. The third-order valence-corrected chi connectivity index (χ3v) is 5.83. The Balaban J connectivity index is 1.51. The van der Waals surface area contributed by atoms with E-state index in [1.54, 1.807) is 0 Å². The molecule has 1 aliphatic rings. The first-order valence-corrected chi connectivity index (χ1v) is 11.4. The number of benzene rings is 1. The second kappa shape index (κ2) is 9.28. The molecule has 4 rings (SSSR count). The first-order valence-electron chi connectivity index (χ1n) is 11.4. The molecule has 1 aliphatic carbocycles. The van der Waals surface area contributed by atoms with Crippen LogP contribution in [0.3, 0.4) is 0 Å². The van der Waals surface area contributed by atoms with Gasteiger partial charge in [0.15, 0.2) is 0 Å². The standard InChI is InChI=1S/C25H33N5O2/c1-25(2,3)32-24(31)27-15-16-30-20-12-6-5-11-19(20)28-22(30)17-29(4)21-13-7-9-18-10-8-14-26-23(18)21/h5-6,8,10-12,14,21H,7,9,13,15-17H2,1-4H3,(H,27,31). The molecule has 2 heterocycles. The summed E-state index contributed by atoms with van der Waals surface area (Å²) in [4.78, 5) is 24.0. The van der Waals surface area contributed by atoms with Crippen LogP contribution in [0, 0.1) is 0 Å². The van der Waals surface area contributed by atoms with Gasteiger partial charge in [0.2, 0.25) is 0 Å². The van der Waals surface area contributed by atoms with E-state index in [9.17, 15) is 4.79 Å². The topological polar surface area (TPSA) is 72.3 Å². The lowest BCUT2D eigenvalue weighted by molar-refractivity contribution is 0.0526. The molecule has 7 nitrogen and oxygen atoms in total. The van der Waals surface area contributed by atoms with E-state index in [0.717, 1.165) is 29.7 Å². The van der Waals surface area contributed by atoms with Gasteiger partial charge in [0.05, 0.1) is 29.3 Å². The average molecular weight is 436 g/mol. The van der Waals surface area contributed by atoms with E-state index in [0.29, 0.717) is 19.6 Å². The van der Waals surface area contributed by atoms with Crippen LogP contribution in [0.1, 0.15) is 56.7 Å². The first-order chi connectivity index (χ1) is 15.3. The molecule has 1 N–H and O–H groups in total. The Hall–Kier alpha value is -2.93. The highest BCUT2D eigenvalue weighted by molar-refractivity contribution is 5.76. The van der Waals surface area contributed by atoms with E-state index in [1.165, 1.54) is 17.7 Å². The molecule has 0 radical (unpaired) electrons. The predicted molar refractivity (Wildman–Crippen MR) is 125 cm³/mol. The molecule has 0 spiro atoms. The fourth-order valence-electron chi connectivity index (χ4n) is 4.43. The summed E-state index contributed by atoms with van der Waals surface area (Å²) >= 11 is 0. The molecule has 32 heavy (non-hydrogen) atoms. The van der Waals surface area contributed by atoms with E-state index in [4.69, 9.17) is 14.7 Å². The number of rotatable bonds is 6. The number of aromatic nitrogens is 3. The minimum atomic E-state index is -0.510. The molecule has 0 fully saturated rings. The SMILES string of the molecule is CN(Cc1nc2ccccc2n1CCNC(=O)OC(C)(C)C)C1CCCc2cccnc21. The van der Waals surface area contributed by atoms with Crippen LogP contribution in [0.5, 0.6) is 0 Å². The van der Waals surface area contributed by atoms with Crippen molar-refractivity contribution in [1.82, 2.24) is 24.8 Å². The molecule has 1 amide bonds. The molecule has 1 aromatic carbocycles. The summed E-state index contributed by atoms with van der Waals surface area (Å²) in [6, 6.07) is 12.7. The van der Waals surface area contributed by atoms with Crippen LogP contribution in [0.25, 0.3) is 11.0 Å². The van der Waals surface area contributed by atoms with Crippen LogP contribution < -0.4 is 5.32 Å². The highest BCUT2D eigenvalue weighted by Gasteiger charge is 2.26. The van der Waals surface area contributed by atoms with Crippen molar-refractivity contribution >= 4 is 17.1 Å². The van der Waals surface area contributed by atoms with Gasteiger partial charge in [-0.15, -0.1) is 0 Å². The maximum Gasteiger partial charge on any atom is 0.407 e. The maximum absolute atomic E-state index is 12.1. The Labute approximate surface area is 189 Å². The Morgan fingerprint density at radius 1 is 1.25 bits per heavy atom. The highest BCUT2D eigenvalue weighted by Crippen LogP contribution is 2.32. The molecule has 3 aromatic rings. The number of nitrogens with one attached hydrogen (secondary N) is 1. The van der Waals surface area contributed by atoms with Gasteiger partial charge in [0, 0.05) is 19.3 Å². The van der Waals surface area contributed by atoms with Gasteiger partial charge in [-0.2, -0.15) is 0 Å². The third-order valence-electron chi connectivity index (χ3n) is 5.83. The van der Waals surface area contributed by atoms with Crippen molar-refractivity contribution in [3.05, 3.63) is 59.7 Å². The van der Waals surface area contributed by atoms with Gasteiger partial charge >= 0.3 is 6.09 Å². The molecule has 0 saturated heterocycles. The number of nitrogens with zero attached hydrogens (tertiary/aromatic N) is 4. The van der Waals surface area contributed by atoms with E-state index < -0.39 is 11.7 Å². The number of para-hydroxylation sites is 2. The molecule has 0 saturated carbocycles. The van der Waals surface area contributed by atoms with Crippen molar-refractivity contribution in [2.24, 2.45) is 0 Å². The summed E-state index contributed by atoms with van der Waals surface area (Å²) in [5, 5.41) is 2.87. The van der Waals surface area contributed by atoms with Crippen molar-refractivity contribution in [2.45, 2.75) is 64.8 Å². The van der Waals surface area contributed by atoms with Crippen molar-refractivity contribution in [2.75, 3.05) is 13.6 Å². The summed E-state index contributed by atoms with van der Waals surface area (Å²) in [7, 11) is 2.15. The fourth-order valence-corrected chi connectivity index (χ4v) is 4.43. The van der Waals surface area contributed by atoms with Crippen molar-refractivity contribution in [1.29, 1.82) is 0 Å². The Morgan fingerprint density at radius 3 is 2.88 bits per heavy atom. The van der Waals surface area contributed by atoms with Crippen molar-refractivity contribution in [3.8, 4) is 0 Å². The summed E-state index contributed by atoms with van der Waals surface area (Å²) in [6.07, 6.45) is 4.86. The van der Waals surface area contributed by atoms with Crippen molar-refractivity contribution in [3.63, 3.8) is 0 Å². The number of aryl methyl sites for hydroxylation is 1. The number of carbonyl (C=O) groups is 1. The molecule has 170 valence electrons. The lowest BCUT2D eigenvalue weighted by Gasteiger charge is -2.32. The van der Waals surface area contributed by atoms with Crippen LogP contribution >= 0.6 is 0 Å². The summed E-state index contributed by atoms with van der Waals surface area (Å²) in [5.74, 6) is 0.989. The zero-order valence-electron chi connectivity index (χ0n) is 19.5. The molecule has 1 unspecified atom stereocenters. The number of alkyl carbamates (subject to hydrolysis) is 1. The molecule has 2 aromatic heterocycles. The number of amides is 1. The van der Waals surface area contributed by atoms with Crippen LogP contribution in [0.15, 0.2) is 42.6 Å². The van der Waals surface area contributed by atoms with Gasteiger partial charge in [-0.3, -0.25) is 9.88 Å². The zero-order chi connectivity index (χ0) is 22.7. The van der Waals surface area contributed by atoms with Crippen LogP contribution in [-0.4, -0.2) is 44.7 Å². The number of ether oxygens (including phenoxy) is 1. The normalized spacial score (nSPS) is 16.2. The quantitative estimate of drug-likeness (QED) is 0.619. The molecule has 1 atom stereocenters. The fraction of sp³-hybridized carbons (Fsp3) is 0.480. The predicted octanol–water partition coefficient (Wildman–Crippen LogP) is 4.47. The number of imidazole rings is 1. The van der Waals surface area contributed by atoms with Gasteiger partial charge in [0.1, 0.15) is 11.4 Å². The Bertz CT molecular complexity index is 1090. The van der Waals surface area contributed by atoms with Crippen molar-refractivity contribution < 1.29 is 9.53 Å². The average Bonchev–Trinajstić information content (AvgIpc) is 3.09. The maximum atomic E-state index is 12.1. The largest absolute Gasteiger partial charge is 0.444 e. The molecule has 7 heteroatoms. The minimum Gasteiger partial charge on any atom is -0.444 e. The number of pyridine rings is 1. The Morgan fingerprint density at radius 2 is 2.06 bits per heavy atom. The van der Waals surface area contributed by atoms with Gasteiger partial charge in [-0.25, -0.2) is 9.78 Å². The second-order valence-corrected chi connectivity index (χ2v) is 9.47. The lowest BCUT2D eigenvalue weighted by Crippen LogP contribution is -2.34. The van der Waals surface area contributed by atoms with Gasteiger partial charge in [-0.05, 0) is 70.8 Å². The van der Waals surface area contributed by atoms with Gasteiger partial charge < -0.3 is 14.6 Å². The van der Waals surface area contributed by atoms with Gasteiger partial charge in [-0.1, -0.05) is 18.2 Å². The second-order valence-electron chi connectivity index (χ2n) is 9.47. The highest BCUT2D eigenvalue weighted by atomic mass is 16.6. The summed E-state index contributed by atoms with van der Waals surface area (Å²) in [5.41, 5.74) is 4.07. The molecule has 0 aliphatic heterocycles. The monoisotopic (exact) mass is 435 g/mol. The van der Waals surface area contributed by atoms with Gasteiger partial charge in [0.25, 0.3) is 0 Å². The van der Waals surface area contributed by atoms with Crippen LogP contribution in [0.4, 0.5) is 4.79 Å². The number of hydrogen-bond donors (Lipinski definition) is 1. The van der Waals surface area contributed by atoms with Crippen LogP contribution in [0.2, 0.25) is 0 Å². The lowest BCUT2D eigenvalue weighted by atomic mass is 9.91. The smallest absolute Gasteiger partial charge is 0.407 e. The van der Waals surface area contributed by atoms with E-state index in [-0.39, 0.29) is 6.04 Å². The molecular formula is C25H33N5O2. The third kappa shape index (κ3) is 5.10. The molecular weight excluding hydrogens is 402 g/mol. The number of hydrogen-bond acceptors (Lipinski definition) is 5. The number of fused-ring (bicyclic) bond motifs is 2. The molecule has 0 bridgehead atoms. The zero-order valence-corrected chi connectivity index (χ0v) is 19.5. The van der Waals surface area contributed by atoms with E-state index >= 15 is 0 Å².